The summed E-state index contributed by atoms with van der Waals surface area (Å²) in [5.74, 6) is 0.132. The molecule has 9 heteroatoms. The summed E-state index contributed by atoms with van der Waals surface area (Å²) in [5.41, 5.74) is 6.95. The predicted octanol–water partition coefficient (Wildman–Crippen LogP) is 2.08. The SMILES string of the molecule is COc1cc(N2CCC(CCN3CCC(N)CC3)CC2)c(F)cc1NC1CCC(=O)NC1=O. The van der Waals surface area contributed by atoms with E-state index in [0.717, 1.165) is 58.4 Å². The Bertz CT molecular complexity index is 851. The number of halogens is 1. The van der Waals surface area contributed by atoms with Crippen LogP contribution in [0.5, 0.6) is 5.75 Å². The van der Waals surface area contributed by atoms with E-state index >= 15 is 4.39 Å². The van der Waals surface area contributed by atoms with Gasteiger partial charge in [0.05, 0.1) is 18.5 Å². The maximum Gasteiger partial charge on any atom is 0.249 e. The number of nitrogens with two attached hydrogens (primary N) is 1. The van der Waals surface area contributed by atoms with Crippen molar-refractivity contribution < 1.29 is 18.7 Å². The third-order valence-corrected chi connectivity index (χ3v) is 7.28. The second kappa shape index (κ2) is 10.7. The Morgan fingerprint density at radius 1 is 1.12 bits per heavy atom. The highest BCUT2D eigenvalue weighted by molar-refractivity contribution is 6.01. The molecule has 1 atom stereocenters. The van der Waals surface area contributed by atoms with E-state index in [2.05, 4.69) is 20.4 Å². The lowest BCUT2D eigenvalue weighted by molar-refractivity contribution is -0.133. The van der Waals surface area contributed by atoms with Crippen molar-refractivity contribution in [2.24, 2.45) is 11.7 Å². The van der Waals surface area contributed by atoms with E-state index in [4.69, 9.17) is 10.5 Å². The van der Waals surface area contributed by atoms with E-state index in [1.165, 1.54) is 19.6 Å². The maximum atomic E-state index is 15.1. The molecule has 182 valence electrons. The van der Waals surface area contributed by atoms with Crippen molar-refractivity contribution in [3.05, 3.63) is 17.9 Å². The lowest BCUT2D eigenvalue weighted by Crippen LogP contribution is -2.47. The van der Waals surface area contributed by atoms with Gasteiger partial charge in [-0.05, 0) is 64.1 Å². The van der Waals surface area contributed by atoms with Crippen LogP contribution >= 0.6 is 0 Å². The third kappa shape index (κ3) is 5.95. The van der Waals surface area contributed by atoms with Gasteiger partial charge in [-0.3, -0.25) is 14.9 Å². The number of ether oxygens (including phenoxy) is 1. The van der Waals surface area contributed by atoms with Gasteiger partial charge < -0.3 is 25.6 Å². The molecule has 0 aromatic heterocycles. The number of likely N-dealkylation sites (tertiary alicyclic amines) is 1. The molecule has 0 spiro atoms. The van der Waals surface area contributed by atoms with Crippen molar-refractivity contribution in [1.29, 1.82) is 0 Å². The Hall–Kier alpha value is -2.39. The van der Waals surface area contributed by atoms with Crippen molar-refractivity contribution in [2.75, 3.05) is 50.1 Å². The molecule has 1 unspecified atom stereocenters. The molecule has 3 fully saturated rings. The van der Waals surface area contributed by atoms with Crippen LogP contribution in [0.25, 0.3) is 0 Å². The Morgan fingerprint density at radius 2 is 1.85 bits per heavy atom. The van der Waals surface area contributed by atoms with Crippen LogP contribution in [0.4, 0.5) is 15.8 Å². The number of benzene rings is 1. The number of nitrogens with one attached hydrogen (secondary N) is 2. The number of rotatable bonds is 7. The molecule has 4 rings (SSSR count). The standard InChI is InChI=1S/C24H36FN5O3/c1-33-22-15-21(18(25)14-20(22)27-19-2-3-23(31)28-24(19)32)30-12-5-16(6-13-30)4-9-29-10-7-17(26)8-11-29/h14-17,19,27H,2-13,26H2,1H3,(H,28,31,32). The second-order valence-electron chi connectivity index (χ2n) is 9.55. The highest BCUT2D eigenvalue weighted by Gasteiger charge is 2.28. The Balaban J connectivity index is 1.32. The van der Waals surface area contributed by atoms with E-state index in [0.29, 0.717) is 35.5 Å². The number of anilines is 2. The van der Waals surface area contributed by atoms with Gasteiger partial charge in [-0.15, -0.1) is 0 Å². The molecule has 33 heavy (non-hydrogen) atoms. The minimum Gasteiger partial charge on any atom is -0.495 e. The highest BCUT2D eigenvalue weighted by Crippen LogP contribution is 2.35. The van der Waals surface area contributed by atoms with Gasteiger partial charge in [-0.25, -0.2) is 4.39 Å². The molecule has 2 amide bonds. The molecule has 1 aromatic rings. The first kappa shape index (κ1) is 23.8. The van der Waals surface area contributed by atoms with Crippen LogP contribution in [0.3, 0.4) is 0 Å². The Kier molecular flexibility index (Phi) is 7.70. The summed E-state index contributed by atoms with van der Waals surface area (Å²) in [4.78, 5) is 28.0. The fourth-order valence-corrected chi connectivity index (χ4v) is 5.09. The molecule has 0 aliphatic carbocycles. The first-order chi connectivity index (χ1) is 15.9. The molecule has 3 aliphatic heterocycles. The van der Waals surface area contributed by atoms with E-state index in [-0.39, 0.29) is 18.1 Å². The van der Waals surface area contributed by atoms with Crippen LogP contribution in [0.1, 0.15) is 44.9 Å². The molecular formula is C24H36FN5O3. The molecule has 0 bridgehead atoms. The van der Waals surface area contributed by atoms with E-state index in [1.807, 2.05) is 0 Å². The smallest absolute Gasteiger partial charge is 0.249 e. The van der Waals surface area contributed by atoms with Crippen molar-refractivity contribution in [3.63, 3.8) is 0 Å². The summed E-state index contributed by atoms with van der Waals surface area (Å²) in [7, 11) is 1.53. The quantitative estimate of drug-likeness (QED) is 0.535. The zero-order chi connectivity index (χ0) is 23.4. The summed E-state index contributed by atoms with van der Waals surface area (Å²) < 4.78 is 20.6. The summed E-state index contributed by atoms with van der Waals surface area (Å²) in [5, 5.41) is 5.35. The summed E-state index contributed by atoms with van der Waals surface area (Å²) in [6.07, 6.45) is 6.09. The number of hydrogen-bond acceptors (Lipinski definition) is 7. The zero-order valence-electron chi connectivity index (χ0n) is 19.4. The van der Waals surface area contributed by atoms with Gasteiger partial charge in [0.25, 0.3) is 0 Å². The second-order valence-corrected chi connectivity index (χ2v) is 9.55. The van der Waals surface area contributed by atoms with Gasteiger partial charge in [0.2, 0.25) is 11.8 Å². The van der Waals surface area contributed by atoms with Crippen LogP contribution in [-0.2, 0) is 9.59 Å². The molecule has 3 heterocycles. The van der Waals surface area contributed by atoms with Crippen LogP contribution < -0.4 is 26.0 Å². The van der Waals surface area contributed by atoms with Crippen molar-refractivity contribution in [3.8, 4) is 5.75 Å². The van der Waals surface area contributed by atoms with Crippen LogP contribution in [0, 0.1) is 11.7 Å². The first-order valence-electron chi connectivity index (χ1n) is 12.1. The number of imide groups is 1. The monoisotopic (exact) mass is 461 g/mol. The number of piperidine rings is 3. The molecular weight excluding hydrogens is 425 g/mol. The lowest BCUT2D eigenvalue weighted by atomic mass is 9.92. The molecule has 0 saturated carbocycles. The maximum absolute atomic E-state index is 15.1. The molecule has 8 nitrogen and oxygen atoms in total. The minimum absolute atomic E-state index is 0.256. The molecule has 3 aliphatic rings. The van der Waals surface area contributed by atoms with Gasteiger partial charge >= 0.3 is 0 Å². The van der Waals surface area contributed by atoms with Gasteiger partial charge in [0.1, 0.15) is 17.6 Å². The fraction of sp³-hybridized carbons (Fsp3) is 0.667. The molecule has 1 aromatic carbocycles. The van der Waals surface area contributed by atoms with Crippen LogP contribution in [0.2, 0.25) is 0 Å². The molecule has 0 radical (unpaired) electrons. The first-order valence-corrected chi connectivity index (χ1v) is 12.1. The van der Waals surface area contributed by atoms with Gasteiger partial charge in [0.15, 0.2) is 0 Å². The van der Waals surface area contributed by atoms with Gasteiger partial charge in [-0.1, -0.05) is 0 Å². The highest BCUT2D eigenvalue weighted by atomic mass is 19.1. The van der Waals surface area contributed by atoms with Crippen molar-refractivity contribution in [1.82, 2.24) is 10.2 Å². The third-order valence-electron chi connectivity index (χ3n) is 7.28. The molecule has 3 saturated heterocycles. The van der Waals surface area contributed by atoms with Crippen LogP contribution in [-0.4, -0.2) is 68.6 Å². The topological polar surface area (TPSA) is 99.9 Å². The minimum atomic E-state index is -0.590. The van der Waals surface area contributed by atoms with Gasteiger partial charge in [-0.2, -0.15) is 0 Å². The Morgan fingerprint density at radius 3 is 2.52 bits per heavy atom. The van der Waals surface area contributed by atoms with E-state index < -0.39 is 11.9 Å². The number of carbonyl (C=O) groups is 2. The van der Waals surface area contributed by atoms with Crippen molar-refractivity contribution >= 4 is 23.2 Å². The number of methoxy groups -OCH3 is 1. The zero-order valence-corrected chi connectivity index (χ0v) is 19.4. The van der Waals surface area contributed by atoms with E-state index in [1.54, 1.807) is 6.07 Å². The number of nitrogens with zero attached hydrogens (tertiary/aromatic N) is 2. The fourth-order valence-electron chi connectivity index (χ4n) is 5.09. The van der Waals surface area contributed by atoms with Crippen LogP contribution in [0.15, 0.2) is 12.1 Å². The van der Waals surface area contributed by atoms with Crippen molar-refractivity contribution in [2.45, 2.75) is 57.0 Å². The largest absolute Gasteiger partial charge is 0.495 e. The number of hydrogen-bond donors (Lipinski definition) is 3. The number of carbonyl (C=O) groups excluding carboxylic acids is 2. The van der Waals surface area contributed by atoms with E-state index in [9.17, 15) is 9.59 Å². The average molecular weight is 462 g/mol. The lowest BCUT2D eigenvalue weighted by Gasteiger charge is -2.36. The predicted molar refractivity (Wildman–Crippen MR) is 126 cm³/mol. The van der Waals surface area contributed by atoms with Gasteiger partial charge in [0, 0.05) is 37.7 Å². The average Bonchev–Trinajstić information content (AvgIpc) is 2.81. The summed E-state index contributed by atoms with van der Waals surface area (Å²) >= 11 is 0. The normalized spacial score (nSPS) is 23.5. The molecule has 4 N–H and O–H groups in total. The summed E-state index contributed by atoms with van der Waals surface area (Å²) in [6.45, 7) is 4.96. The Labute approximate surface area is 195 Å². The number of amides is 2. The summed E-state index contributed by atoms with van der Waals surface area (Å²) in [6, 6.07) is 2.88.